The molecule has 0 saturated carbocycles. The predicted molar refractivity (Wildman–Crippen MR) is 98.5 cm³/mol. The quantitative estimate of drug-likeness (QED) is 0.865. The van der Waals surface area contributed by atoms with Crippen LogP contribution >= 0.6 is 0 Å². The van der Waals surface area contributed by atoms with Crippen molar-refractivity contribution in [3.05, 3.63) is 48.0 Å². The van der Waals surface area contributed by atoms with Gasteiger partial charge in [0, 0.05) is 37.9 Å². The number of H-pyrrole nitrogens is 1. The summed E-state index contributed by atoms with van der Waals surface area (Å²) >= 11 is 0. The number of nitrogens with one attached hydrogen (secondary N) is 2. The lowest BCUT2D eigenvalue weighted by molar-refractivity contribution is 0.191. The zero-order chi connectivity index (χ0) is 17.9. The Morgan fingerprint density at radius 1 is 1.15 bits per heavy atom. The lowest BCUT2D eigenvalue weighted by Gasteiger charge is -2.31. The van der Waals surface area contributed by atoms with Crippen molar-refractivity contribution in [1.82, 2.24) is 25.5 Å². The van der Waals surface area contributed by atoms with E-state index in [4.69, 9.17) is 9.57 Å². The summed E-state index contributed by atoms with van der Waals surface area (Å²) < 4.78 is 5.18. The van der Waals surface area contributed by atoms with Crippen LogP contribution < -0.4 is 10.2 Å². The maximum Gasteiger partial charge on any atom is 0.273 e. The van der Waals surface area contributed by atoms with Crippen LogP contribution in [0.5, 0.6) is 5.75 Å². The third-order valence-electron chi connectivity index (χ3n) is 4.51. The summed E-state index contributed by atoms with van der Waals surface area (Å²) in [4.78, 5) is 14.6. The van der Waals surface area contributed by atoms with Crippen LogP contribution in [0.15, 0.2) is 47.3 Å². The van der Waals surface area contributed by atoms with Crippen molar-refractivity contribution in [2.24, 2.45) is 4.99 Å². The van der Waals surface area contributed by atoms with Gasteiger partial charge in [0.1, 0.15) is 11.4 Å². The first kappa shape index (κ1) is 16.5. The average molecular weight is 354 g/mol. The van der Waals surface area contributed by atoms with E-state index in [2.05, 4.69) is 37.5 Å². The molecule has 4 rings (SSSR count). The number of rotatable bonds is 4. The normalized spacial score (nSPS) is 19.2. The molecule has 1 aromatic heterocycles. The summed E-state index contributed by atoms with van der Waals surface area (Å²) in [5.41, 5.74) is 5.41. The molecule has 2 N–H and O–H groups in total. The molecule has 2 aliphatic heterocycles. The van der Waals surface area contributed by atoms with E-state index in [1.807, 2.05) is 36.5 Å². The van der Waals surface area contributed by atoms with Gasteiger partial charge in [0.15, 0.2) is 5.82 Å². The molecule has 0 atom stereocenters. The number of benzene rings is 1. The smallest absolute Gasteiger partial charge is 0.273 e. The van der Waals surface area contributed by atoms with Crippen LogP contribution in [0.3, 0.4) is 0 Å². The van der Waals surface area contributed by atoms with Crippen LogP contribution in [0.4, 0.5) is 0 Å². The SMILES string of the molecule is COc1ccc(-c2cc(C3=NC(=CN4CCN(C)CC4)NO3)[nH]n2)cc1. The molecule has 26 heavy (non-hydrogen) atoms. The predicted octanol–water partition coefficient (Wildman–Crippen LogP) is 1.41. The number of piperazine rings is 1. The molecule has 0 unspecified atom stereocenters. The van der Waals surface area contributed by atoms with Gasteiger partial charge < -0.3 is 19.4 Å². The summed E-state index contributed by atoms with van der Waals surface area (Å²) in [5.74, 6) is 2.00. The van der Waals surface area contributed by atoms with Crippen molar-refractivity contribution in [2.75, 3.05) is 40.3 Å². The molecule has 1 saturated heterocycles. The molecule has 2 aromatic rings. The molecule has 3 heterocycles. The number of aliphatic imine (C=N–C) groups is 1. The van der Waals surface area contributed by atoms with Crippen molar-refractivity contribution >= 4 is 5.90 Å². The highest BCUT2D eigenvalue weighted by atomic mass is 16.7. The number of ether oxygens (including phenoxy) is 1. The van der Waals surface area contributed by atoms with E-state index in [0.717, 1.165) is 48.9 Å². The molecule has 0 bridgehead atoms. The molecule has 0 spiro atoms. The van der Waals surface area contributed by atoms with Gasteiger partial charge in [-0.25, -0.2) is 5.48 Å². The summed E-state index contributed by atoms with van der Waals surface area (Å²) in [6, 6.07) is 9.67. The van der Waals surface area contributed by atoms with E-state index in [1.54, 1.807) is 7.11 Å². The van der Waals surface area contributed by atoms with Crippen molar-refractivity contribution < 1.29 is 9.57 Å². The second-order valence-electron chi connectivity index (χ2n) is 6.37. The molecule has 1 aromatic carbocycles. The number of aromatic amines is 1. The largest absolute Gasteiger partial charge is 0.497 e. The maximum absolute atomic E-state index is 5.50. The summed E-state index contributed by atoms with van der Waals surface area (Å²) in [6.45, 7) is 4.07. The zero-order valence-corrected chi connectivity index (χ0v) is 14.9. The number of hydrogen-bond donors (Lipinski definition) is 2. The molecule has 1 fully saturated rings. The lowest BCUT2D eigenvalue weighted by Crippen LogP contribution is -2.42. The van der Waals surface area contributed by atoms with Gasteiger partial charge in [0.25, 0.3) is 5.90 Å². The Morgan fingerprint density at radius 3 is 2.65 bits per heavy atom. The summed E-state index contributed by atoms with van der Waals surface area (Å²) in [6.07, 6.45) is 2.00. The monoisotopic (exact) mass is 354 g/mol. The van der Waals surface area contributed by atoms with Gasteiger partial charge in [-0.2, -0.15) is 10.1 Å². The number of hydrogen-bond acceptors (Lipinski definition) is 7. The maximum atomic E-state index is 5.50. The van der Waals surface area contributed by atoms with Crippen molar-refractivity contribution in [2.45, 2.75) is 0 Å². The first-order valence-corrected chi connectivity index (χ1v) is 8.57. The van der Waals surface area contributed by atoms with Crippen molar-refractivity contribution in [3.8, 4) is 17.0 Å². The first-order valence-electron chi connectivity index (χ1n) is 8.57. The third-order valence-corrected chi connectivity index (χ3v) is 4.51. The van der Waals surface area contributed by atoms with Crippen molar-refractivity contribution in [1.29, 1.82) is 0 Å². The molecule has 0 radical (unpaired) electrons. The van der Waals surface area contributed by atoms with E-state index >= 15 is 0 Å². The second kappa shape index (κ2) is 7.09. The Bertz CT molecular complexity index is 818. The molecule has 2 aliphatic rings. The Kier molecular flexibility index (Phi) is 4.49. The lowest BCUT2D eigenvalue weighted by atomic mass is 10.1. The highest BCUT2D eigenvalue weighted by molar-refractivity contribution is 5.94. The van der Waals surface area contributed by atoms with E-state index in [-0.39, 0.29) is 0 Å². The van der Waals surface area contributed by atoms with Gasteiger partial charge in [-0.15, -0.1) is 0 Å². The molecule has 0 aliphatic carbocycles. The number of aromatic nitrogens is 2. The standard InChI is InChI=1S/C18H22N6O2/c1-23-7-9-24(10-8-23)12-17-19-18(26-22-17)16-11-15(20-21-16)13-3-5-14(25-2)6-4-13/h3-6,11-12,22H,7-10H2,1-2H3,(H,20,21). The van der Waals surface area contributed by atoms with Crippen LogP contribution in [0.2, 0.25) is 0 Å². The van der Waals surface area contributed by atoms with Gasteiger partial charge in [0.05, 0.1) is 12.8 Å². The van der Waals surface area contributed by atoms with Crippen molar-refractivity contribution in [3.63, 3.8) is 0 Å². The summed E-state index contributed by atoms with van der Waals surface area (Å²) in [7, 11) is 3.79. The fraction of sp³-hybridized carbons (Fsp3) is 0.333. The van der Waals surface area contributed by atoms with Crippen LogP contribution in [-0.2, 0) is 4.84 Å². The number of likely N-dealkylation sites (N-methyl/N-ethyl adjacent to an activating group) is 1. The number of nitrogens with zero attached hydrogens (tertiary/aromatic N) is 4. The number of hydroxylamine groups is 1. The minimum Gasteiger partial charge on any atom is -0.497 e. The average Bonchev–Trinajstić information content (AvgIpc) is 3.33. The van der Waals surface area contributed by atoms with Gasteiger partial charge in [-0.1, -0.05) is 0 Å². The van der Waals surface area contributed by atoms with E-state index in [0.29, 0.717) is 11.7 Å². The first-order chi connectivity index (χ1) is 12.7. The molecule has 0 amide bonds. The number of methoxy groups -OCH3 is 1. The van der Waals surface area contributed by atoms with Gasteiger partial charge in [-0.05, 0) is 37.4 Å². The van der Waals surface area contributed by atoms with E-state index < -0.39 is 0 Å². The van der Waals surface area contributed by atoms with E-state index in [1.165, 1.54) is 0 Å². The molecule has 8 nitrogen and oxygen atoms in total. The third kappa shape index (κ3) is 3.50. The topological polar surface area (TPSA) is 78.0 Å². The molecule has 136 valence electrons. The fourth-order valence-electron chi connectivity index (χ4n) is 2.89. The fourth-order valence-corrected chi connectivity index (χ4v) is 2.89. The van der Waals surface area contributed by atoms with E-state index in [9.17, 15) is 0 Å². The Balaban J connectivity index is 1.47. The zero-order valence-electron chi connectivity index (χ0n) is 14.9. The minimum absolute atomic E-state index is 0.484. The molecule has 8 heteroatoms. The molecular weight excluding hydrogens is 332 g/mol. The Labute approximate surface area is 152 Å². The second-order valence-corrected chi connectivity index (χ2v) is 6.37. The van der Waals surface area contributed by atoms with Crippen LogP contribution in [0, 0.1) is 0 Å². The molecular formula is C18H22N6O2. The highest BCUT2D eigenvalue weighted by Gasteiger charge is 2.19. The van der Waals surface area contributed by atoms with Gasteiger partial charge >= 0.3 is 0 Å². The summed E-state index contributed by atoms with van der Waals surface area (Å²) in [5, 5.41) is 7.33. The van der Waals surface area contributed by atoms with Gasteiger partial charge in [0.2, 0.25) is 0 Å². The Morgan fingerprint density at radius 2 is 1.92 bits per heavy atom. The van der Waals surface area contributed by atoms with Crippen LogP contribution in [-0.4, -0.2) is 66.2 Å². The Hall–Kier alpha value is -3.00. The highest BCUT2D eigenvalue weighted by Crippen LogP contribution is 2.22. The van der Waals surface area contributed by atoms with Crippen LogP contribution in [0.25, 0.3) is 11.3 Å². The minimum atomic E-state index is 0.484. The van der Waals surface area contributed by atoms with Gasteiger partial charge in [-0.3, -0.25) is 5.10 Å². The van der Waals surface area contributed by atoms with Crippen LogP contribution in [0.1, 0.15) is 5.69 Å².